The van der Waals surface area contributed by atoms with E-state index >= 15 is 0 Å². The highest BCUT2D eigenvalue weighted by atomic mass is 35.5. The molecule has 1 aliphatic rings. The van der Waals surface area contributed by atoms with E-state index in [2.05, 4.69) is 46.6 Å². The topological polar surface area (TPSA) is 44.8 Å². The predicted molar refractivity (Wildman–Crippen MR) is 130 cm³/mol. The highest BCUT2D eigenvalue weighted by Gasteiger charge is 2.28. The van der Waals surface area contributed by atoms with E-state index in [1.54, 1.807) is 0 Å². The van der Waals surface area contributed by atoms with Gasteiger partial charge in [-0.15, -0.1) is 0 Å². The third kappa shape index (κ3) is 5.42. The molecule has 1 aliphatic heterocycles. The number of nitrogens with zero attached hydrogens (tertiary/aromatic N) is 2. The first-order valence-electron chi connectivity index (χ1n) is 11.0. The van der Waals surface area contributed by atoms with Crippen LogP contribution in [0, 0.1) is 0 Å². The molecule has 0 unspecified atom stereocenters. The maximum atomic E-state index is 12.8. The van der Waals surface area contributed by atoms with Crippen molar-refractivity contribution < 1.29 is 9.53 Å². The summed E-state index contributed by atoms with van der Waals surface area (Å²) in [5.74, 6) is 0.799. The molecule has 3 aromatic carbocycles. The van der Waals surface area contributed by atoms with Gasteiger partial charge in [0, 0.05) is 36.9 Å². The van der Waals surface area contributed by atoms with Crippen LogP contribution in [-0.4, -0.2) is 48.6 Å². The van der Waals surface area contributed by atoms with Crippen LogP contribution in [0.1, 0.15) is 24.1 Å². The smallest absolute Gasteiger partial charge is 0.321 e. The Balaban J connectivity index is 1.41. The molecule has 0 saturated carbocycles. The minimum Gasteiger partial charge on any atom is -0.494 e. The van der Waals surface area contributed by atoms with Gasteiger partial charge >= 0.3 is 6.03 Å². The van der Waals surface area contributed by atoms with Crippen molar-refractivity contribution in [1.82, 2.24) is 9.80 Å². The first kappa shape index (κ1) is 22.2. The Kier molecular flexibility index (Phi) is 7.30. The number of anilines is 1. The van der Waals surface area contributed by atoms with E-state index < -0.39 is 0 Å². The molecule has 1 heterocycles. The van der Waals surface area contributed by atoms with E-state index in [1.807, 2.05) is 54.3 Å². The average Bonchev–Trinajstić information content (AvgIpc) is 2.83. The number of rotatable bonds is 6. The Morgan fingerprint density at radius 3 is 2.16 bits per heavy atom. The SMILES string of the molecule is CCOc1ccc(NC(=O)N2CCN([C@H](c3ccccc3)c3ccc(Cl)cc3)CC2)cc1. The molecule has 1 N–H and O–H groups in total. The van der Waals surface area contributed by atoms with Gasteiger partial charge in [-0.1, -0.05) is 54.1 Å². The van der Waals surface area contributed by atoms with E-state index in [0.29, 0.717) is 19.7 Å². The lowest BCUT2D eigenvalue weighted by Gasteiger charge is -2.39. The number of nitrogens with one attached hydrogen (secondary N) is 1. The van der Waals surface area contributed by atoms with Gasteiger partial charge in [0.1, 0.15) is 5.75 Å². The lowest BCUT2D eigenvalue weighted by Crippen LogP contribution is -2.51. The summed E-state index contributed by atoms with van der Waals surface area (Å²) in [6.07, 6.45) is 0. The van der Waals surface area contributed by atoms with Gasteiger partial charge in [-0.05, 0) is 54.4 Å². The molecule has 5 nitrogen and oxygen atoms in total. The van der Waals surface area contributed by atoms with Crippen LogP contribution < -0.4 is 10.1 Å². The molecule has 0 spiro atoms. The van der Waals surface area contributed by atoms with Gasteiger partial charge in [-0.3, -0.25) is 4.90 Å². The normalized spacial score (nSPS) is 15.2. The number of ether oxygens (including phenoxy) is 1. The Bertz CT molecular complexity index is 1000. The third-order valence-electron chi connectivity index (χ3n) is 5.68. The second-order valence-electron chi connectivity index (χ2n) is 7.78. The summed E-state index contributed by atoms with van der Waals surface area (Å²) >= 11 is 6.12. The summed E-state index contributed by atoms with van der Waals surface area (Å²) in [6.45, 7) is 5.48. The third-order valence-corrected chi connectivity index (χ3v) is 5.94. The lowest BCUT2D eigenvalue weighted by molar-refractivity contribution is 0.126. The first-order valence-corrected chi connectivity index (χ1v) is 11.3. The fraction of sp³-hybridized carbons (Fsp3) is 0.269. The standard InChI is InChI=1S/C26H28ClN3O2/c1-2-32-24-14-12-23(13-15-24)28-26(31)30-18-16-29(17-19-30)25(20-6-4-3-5-7-20)21-8-10-22(27)11-9-21/h3-15,25H,2,16-19H2,1H3,(H,28,31)/t25-/m1/s1. The maximum Gasteiger partial charge on any atom is 0.321 e. The predicted octanol–water partition coefficient (Wildman–Crippen LogP) is 5.68. The second kappa shape index (κ2) is 10.5. The highest BCUT2D eigenvalue weighted by Crippen LogP contribution is 2.30. The van der Waals surface area contributed by atoms with E-state index in [0.717, 1.165) is 29.5 Å². The molecule has 1 saturated heterocycles. The van der Waals surface area contributed by atoms with Crippen LogP contribution in [0.15, 0.2) is 78.9 Å². The second-order valence-corrected chi connectivity index (χ2v) is 8.21. The summed E-state index contributed by atoms with van der Waals surface area (Å²) in [5.41, 5.74) is 3.21. The van der Waals surface area contributed by atoms with Crippen LogP contribution in [0.2, 0.25) is 5.02 Å². The Labute approximate surface area is 194 Å². The Morgan fingerprint density at radius 1 is 0.906 bits per heavy atom. The molecule has 1 atom stereocenters. The minimum absolute atomic E-state index is 0.0726. The van der Waals surface area contributed by atoms with Crippen molar-refractivity contribution in [2.24, 2.45) is 0 Å². The molecule has 0 aliphatic carbocycles. The summed E-state index contributed by atoms with van der Waals surface area (Å²) in [5, 5.41) is 3.73. The van der Waals surface area contributed by atoms with Crippen LogP contribution in [0.5, 0.6) is 5.75 Å². The van der Waals surface area contributed by atoms with Gasteiger partial charge in [-0.25, -0.2) is 4.79 Å². The summed E-state index contributed by atoms with van der Waals surface area (Å²) in [6, 6.07) is 26.1. The molecule has 6 heteroatoms. The molecular formula is C26H28ClN3O2. The zero-order valence-electron chi connectivity index (χ0n) is 18.2. The van der Waals surface area contributed by atoms with Gasteiger partial charge < -0.3 is 15.0 Å². The molecule has 0 radical (unpaired) electrons. The van der Waals surface area contributed by atoms with Crippen molar-refractivity contribution in [2.75, 3.05) is 38.1 Å². The molecule has 3 aromatic rings. The molecule has 0 aromatic heterocycles. The van der Waals surface area contributed by atoms with Crippen LogP contribution in [-0.2, 0) is 0 Å². The molecule has 2 amide bonds. The zero-order chi connectivity index (χ0) is 22.3. The number of carbonyl (C=O) groups excluding carboxylic acids is 1. The van der Waals surface area contributed by atoms with Crippen LogP contribution >= 0.6 is 11.6 Å². The Morgan fingerprint density at radius 2 is 1.53 bits per heavy atom. The zero-order valence-corrected chi connectivity index (χ0v) is 19.0. The van der Waals surface area contributed by atoms with Crippen molar-refractivity contribution in [1.29, 1.82) is 0 Å². The van der Waals surface area contributed by atoms with Crippen molar-refractivity contribution in [2.45, 2.75) is 13.0 Å². The van der Waals surface area contributed by atoms with E-state index in [1.165, 1.54) is 11.1 Å². The number of carbonyl (C=O) groups is 1. The molecule has 32 heavy (non-hydrogen) atoms. The molecule has 166 valence electrons. The maximum absolute atomic E-state index is 12.8. The highest BCUT2D eigenvalue weighted by molar-refractivity contribution is 6.30. The number of hydrogen-bond donors (Lipinski definition) is 1. The van der Waals surface area contributed by atoms with Gasteiger partial charge in [0.25, 0.3) is 0 Å². The van der Waals surface area contributed by atoms with Crippen molar-refractivity contribution in [3.05, 3.63) is 95.0 Å². The molecular weight excluding hydrogens is 422 g/mol. The number of hydrogen-bond acceptors (Lipinski definition) is 3. The monoisotopic (exact) mass is 449 g/mol. The largest absolute Gasteiger partial charge is 0.494 e. The van der Waals surface area contributed by atoms with Gasteiger partial charge in [0.2, 0.25) is 0 Å². The first-order chi connectivity index (χ1) is 15.6. The fourth-order valence-corrected chi connectivity index (χ4v) is 4.21. The number of urea groups is 1. The molecule has 1 fully saturated rings. The summed E-state index contributed by atoms with van der Waals surface area (Å²) < 4.78 is 5.46. The molecule has 0 bridgehead atoms. The average molecular weight is 450 g/mol. The van der Waals surface area contributed by atoms with E-state index in [9.17, 15) is 4.79 Å². The van der Waals surface area contributed by atoms with Crippen LogP contribution in [0.25, 0.3) is 0 Å². The van der Waals surface area contributed by atoms with Crippen LogP contribution in [0.4, 0.5) is 10.5 Å². The van der Waals surface area contributed by atoms with E-state index in [-0.39, 0.29) is 12.1 Å². The van der Waals surface area contributed by atoms with Crippen molar-refractivity contribution >= 4 is 23.3 Å². The van der Waals surface area contributed by atoms with Crippen LogP contribution in [0.3, 0.4) is 0 Å². The number of halogens is 1. The number of benzene rings is 3. The summed E-state index contributed by atoms with van der Waals surface area (Å²) in [4.78, 5) is 17.1. The van der Waals surface area contributed by atoms with Gasteiger partial charge in [0.05, 0.1) is 12.6 Å². The van der Waals surface area contributed by atoms with Crippen molar-refractivity contribution in [3.8, 4) is 5.75 Å². The van der Waals surface area contributed by atoms with Gasteiger partial charge in [0.15, 0.2) is 0 Å². The van der Waals surface area contributed by atoms with Crippen molar-refractivity contribution in [3.63, 3.8) is 0 Å². The number of amides is 2. The fourth-order valence-electron chi connectivity index (χ4n) is 4.08. The Hall–Kier alpha value is -3.02. The van der Waals surface area contributed by atoms with Gasteiger partial charge in [-0.2, -0.15) is 0 Å². The minimum atomic E-state index is -0.0726. The number of piperazine rings is 1. The quantitative estimate of drug-likeness (QED) is 0.526. The summed E-state index contributed by atoms with van der Waals surface area (Å²) in [7, 11) is 0. The lowest BCUT2D eigenvalue weighted by atomic mass is 9.96. The van der Waals surface area contributed by atoms with E-state index in [4.69, 9.17) is 16.3 Å². The molecule has 4 rings (SSSR count).